The van der Waals surface area contributed by atoms with Gasteiger partial charge in [-0.2, -0.15) is 5.10 Å². The normalized spacial score (nSPS) is 10.7. The van der Waals surface area contributed by atoms with E-state index in [2.05, 4.69) is 0 Å². The van der Waals surface area contributed by atoms with Gasteiger partial charge >= 0.3 is 0 Å². The molecule has 4 rings (SSSR count). The minimum Gasteiger partial charge on any atom is -0.493 e. The number of hydrogen-bond donors (Lipinski definition) is 1. The molecule has 5 nitrogen and oxygen atoms in total. The highest BCUT2D eigenvalue weighted by Gasteiger charge is 2.21. The van der Waals surface area contributed by atoms with Crippen LogP contribution in [0.1, 0.15) is 0 Å². The maximum atomic E-state index is 6.60. The van der Waals surface area contributed by atoms with E-state index in [0.717, 1.165) is 28.1 Å². The molecular weight excluding hydrogens is 386 g/mol. The molecule has 0 aliphatic heterocycles. The lowest BCUT2D eigenvalue weighted by atomic mass is 10.0. The summed E-state index contributed by atoms with van der Waals surface area (Å²) in [6.45, 7) is 0. The lowest BCUT2D eigenvalue weighted by Crippen LogP contribution is -2.02. The number of nitrogen functional groups attached to an aromatic ring is 1. The Balaban J connectivity index is 1.96. The van der Waals surface area contributed by atoms with Crippen molar-refractivity contribution >= 4 is 17.4 Å². The summed E-state index contributed by atoms with van der Waals surface area (Å²) in [6, 6.07) is 23.1. The summed E-state index contributed by atoms with van der Waals surface area (Å²) < 4.78 is 12.6. The van der Waals surface area contributed by atoms with E-state index in [9.17, 15) is 0 Å². The summed E-state index contributed by atoms with van der Waals surface area (Å²) >= 11 is 6.04. The number of nitrogens with two attached hydrogens (primary N) is 1. The van der Waals surface area contributed by atoms with Gasteiger partial charge in [0.05, 0.1) is 25.5 Å². The van der Waals surface area contributed by atoms with Crippen molar-refractivity contribution in [1.29, 1.82) is 0 Å². The van der Waals surface area contributed by atoms with E-state index in [1.54, 1.807) is 18.9 Å². The number of methoxy groups -OCH3 is 2. The third kappa shape index (κ3) is 3.52. The van der Waals surface area contributed by atoms with E-state index in [0.29, 0.717) is 22.3 Å². The molecule has 6 heteroatoms. The number of hydrogen-bond acceptors (Lipinski definition) is 4. The molecular formula is C23H20ClN3O2. The third-order valence-electron chi connectivity index (χ3n) is 4.71. The summed E-state index contributed by atoms with van der Waals surface area (Å²) in [6.07, 6.45) is 0. The van der Waals surface area contributed by atoms with Crippen LogP contribution in [-0.4, -0.2) is 24.0 Å². The molecule has 0 amide bonds. The highest BCUT2D eigenvalue weighted by Crippen LogP contribution is 2.40. The first-order valence-corrected chi connectivity index (χ1v) is 9.42. The molecule has 3 aromatic carbocycles. The lowest BCUT2D eigenvalue weighted by Gasteiger charge is -2.11. The average Bonchev–Trinajstić information content (AvgIpc) is 3.11. The van der Waals surface area contributed by atoms with Crippen molar-refractivity contribution in [3.63, 3.8) is 0 Å². The van der Waals surface area contributed by atoms with Crippen LogP contribution in [-0.2, 0) is 0 Å². The largest absolute Gasteiger partial charge is 0.493 e. The Hall–Kier alpha value is -3.44. The summed E-state index contributed by atoms with van der Waals surface area (Å²) in [7, 11) is 3.22. The van der Waals surface area contributed by atoms with Crippen LogP contribution < -0.4 is 15.2 Å². The Morgan fingerprint density at radius 2 is 1.52 bits per heavy atom. The molecule has 1 heterocycles. The van der Waals surface area contributed by atoms with Gasteiger partial charge in [-0.05, 0) is 42.0 Å². The van der Waals surface area contributed by atoms with Gasteiger partial charge in [-0.25, -0.2) is 4.68 Å². The first-order valence-electron chi connectivity index (χ1n) is 9.04. The van der Waals surface area contributed by atoms with Gasteiger partial charge in [0.25, 0.3) is 0 Å². The van der Waals surface area contributed by atoms with Gasteiger partial charge in [0.1, 0.15) is 11.5 Å². The minimum atomic E-state index is 0.526. The summed E-state index contributed by atoms with van der Waals surface area (Å²) in [5.74, 6) is 1.81. The smallest absolute Gasteiger partial charge is 0.161 e. The van der Waals surface area contributed by atoms with Crippen LogP contribution >= 0.6 is 11.6 Å². The van der Waals surface area contributed by atoms with Crippen molar-refractivity contribution in [2.45, 2.75) is 0 Å². The molecule has 0 fully saturated rings. The van der Waals surface area contributed by atoms with Crippen LogP contribution in [0.2, 0.25) is 5.02 Å². The quantitative estimate of drug-likeness (QED) is 0.479. The number of ether oxygens (including phenoxy) is 2. The van der Waals surface area contributed by atoms with Gasteiger partial charge in [-0.3, -0.25) is 0 Å². The standard InChI is InChI=1S/C23H20ClN3O2/c1-28-19-13-8-16(14-20(19)29-2)21-22(15-6-4-3-5-7-15)26-27(23(21)25)18-11-9-17(24)10-12-18/h3-14H,25H2,1-2H3. The van der Waals surface area contributed by atoms with Crippen LogP contribution in [0, 0.1) is 0 Å². The Morgan fingerprint density at radius 3 is 2.17 bits per heavy atom. The van der Waals surface area contributed by atoms with Gasteiger partial charge in [0, 0.05) is 10.6 Å². The zero-order chi connectivity index (χ0) is 20.4. The number of anilines is 1. The molecule has 0 spiro atoms. The number of rotatable bonds is 5. The number of halogens is 1. The summed E-state index contributed by atoms with van der Waals surface area (Å²) in [5, 5.41) is 5.49. The molecule has 2 N–H and O–H groups in total. The van der Waals surface area contributed by atoms with Crippen LogP contribution in [0.15, 0.2) is 72.8 Å². The molecule has 0 unspecified atom stereocenters. The predicted octanol–water partition coefficient (Wildman–Crippen LogP) is 5.46. The van der Waals surface area contributed by atoms with E-state index in [1.807, 2.05) is 72.8 Å². The van der Waals surface area contributed by atoms with Crippen molar-refractivity contribution in [2.75, 3.05) is 20.0 Å². The van der Waals surface area contributed by atoms with Gasteiger partial charge in [-0.15, -0.1) is 0 Å². The van der Waals surface area contributed by atoms with Crippen molar-refractivity contribution < 1.29 is 9.47 Å². The van der Waals surface area contributed by atoms with Crippen LogP contribution in [0.25, 0.3) is 28.1 Å². The van der Waals surface area contributed by atoms with Gasteiger partial charge in [0.2, 0.25) is 0 Å². The molecule has 29 heavy (non-hydrogen) atoms. The van der Waals surface area contributed by atoms with Crippen molar-refractivity contribution in [2.24, 2.45) is 0 Å². The van der Waals surface area contributed by atoms with Gasteiger partial charge in [0.15, 0.2) is 11.5 Å². The van der Waals surface area contributed by atoms with Crippen molar-refractivity contribution in [3.8, 4) is 39.6 Å². The maximum Gasteiger partial charge on any atom is 0.161 e. The highest BCUT2D eigenvalue weighted by atomic mass is 35.5. The van der Waals surface area contributed by atoms with E-state index < -0.39 is 0 Å². The zero-order valence-electron chi connectivity index (χ0n) is 16.1. The molecule has 0 saturated carbocycles. The van der Waals surface area contributed by atoms with Crippen LogP contribution in [0.5, 0.6) is 11.5 Å². The van der Waals surface area contributed by atoms with Crippen molar-refractivity contribution in [1.82, 2.24) is 9.78 Å². The maximum absolute atomic E-state index is 6.60. The Bertz CT molecular complexity index is 1140. The second-order valence-electron chi connectivity index (χ2n) is 6.43. The van der Waals surface area contributed by atoms with Crippen molar-refractivity contribution in [3.05, 3.63) is 77.8 Å². The fourth-order valence-electron chi connectivity index (χ4n) is 3.28. The molecule has 4 aromatic rings. The van der Waals surface area contributed by atoms with Crippen LogP contribution in [0.3, 0.4) is 0 Å². The van der Waals surface area contributed by atoms with E-state index >= 15 is 0 Å². The molecule has 0 atom stereocenters. The van der Waals surface area contributed by atoms with Crippen LogP contribution in [0.4, 0.5) is 5.82 Å². The molecule has 0 aliphatic carbocycles. The first kappa shape index (κ1) is 18.9. The average molecular weight is 406 g/mol. The zero-order valence-corrected chi connectivity index (χ0v) is 16.9. The highest BCUT2D eigenvalue weighted by molar-refractivity contribution is 6.30. The number of benzene rings is 3. The lowest BCUT2D eigenvalue weighted by molar-refractivity contribution is 0.355. The van der Waals surface area contributed by atoms with E-state index in [4.69, 9.17) is 31.9 Å². The van der Waals surface area contributed by atoms with Gasteiger partial charge in [-0.1, -0.05) is 48.0 Å². The fraction of sp³-hybridized carbons (Fsp3) is 0.0870. The summed E-state index contributed by atoms with van der Waals surface area (Å²) in [5.41, 5.74) is 10.9. The molecule has 1 aromatic heterocycles. The Morgan fingerprint density at radius 1 is 0.828 bits per heavy atom. The molecule has 146 valence electrons. The summed E-state index contributed by atoms with van der Waals surface area (Å²) in [4.78, 5) is 0. The van der Waals surface area contributed by atoms with E-state index in [1.165, 1.54) is 0 Å². The molecule has 0 saturated heterocycles. The topological polar surface area (TPSA) is 62.3 Å². The predicted molar refractivity (Wildman–Crippen MR) is 117 cm³/mol. The fourth-order valence-corrected chi connectivity index (χ4v) is 3.41. The van der Waals surface area contributed by atoms with E-state index in [-0.39, 0.29) is 0 Å². The minimum absolute atomic E-state index is 0.526. The SMILES string of the molecule is COc1ccc(-c2c(-c3ccccc3)nn(-c3ccc(Cl)cc3)c2N)cc1OC. The second-order valence-corrected chi connectivity index (χ2v) is 6.87. The molecule has 0 aliphatic rings. The first-order chi connectivity index (χ1) is 14.1. The second kappa shape index (κ2) is 7.89. The number of aromatic nitrogens is 2. The Labute approximate surface area is 174 Å². The molecule has 0 bridgehead atoms. The van der Waals surface area contributed by atoms with Gasteiger partial charge < -0.3 is 15.2 Å². The Kier molecular flexibility index (Phi) is 5.14. The third-order valence-corrected chi connectivity index (χ3v) is 4.96. The monoisotopic (exact) mass is 405 g/mol. The molecule has 0 radical (unpaired) electrons. The number of nitrogens with zero attached hydrogens (tertiary/aromatic N) is 2.